The van der Waals surface area contributed by atoms with Gasteiger partial charge >= 0.3 is 5.97 Å². The first-order valence-corrected chi connectivity index (χ1v) is 9.43. The van der Waals surface area contributed by atoms with Gasteiger partial charge in [-0.1, -0.05) is 56.9 Å². The van der Waals surface area contributed by atoms with Gasteiger partial charge in [0, 0.05) is 6.42 Å². The Balaban J connectivity index is 3.68. The van der Waals surface area contributed by atoms with Crippen LogP contribution in [0, 0.1) is 10.1 Å². The minimum Gasteiger partial charge on any atom is -0.481 e. The van der Waals surface area contributed by atoms with E-state index >= 15 is 0 Å². The van der Waals surface area contributed by atoms with Crippen LogP contribution in [0.2, 0.25) is 0 Å². The minimum atomic E-state index is -0.710. The number of nitro groups is 1. The van der Waals surface area contributed by atoms with Gasteiger partial charge in [0.25, 0.3) is 0 Å². The molecule has 5 heteroatoms. The van der Waals surface area contributed by atoms with Crippen LogP contribution >= 0.6 is 0 Å². The molecule has 0 heterocycles. The highest BCUT2D eigenvalue weighted by Crippen LogP contribution is 2.09. The fourth-order valence-corrected chi connectivity index (χ4v) is 2.37. The van der Waals surface area contributed by atoms with Crippen molar-refractivity contribution < 1.29 is 14.8 Å². The van der Waals surface area contributed by atoms with Crippen molar-refractivity contribution in [2.45, 2.75) is 84.0 Å². The molecule has 0 aromatic carbocycles. The van der Waals surface area contributed by atoms with E-state index in [9.17, 15) is 14.9 Å². The van der Waals surface area contributed by atoms with Crippen LogP contribution in [0.1, 0.15) is 84.0 Å². The van der Waals surface area contributed by atoms with Crippen LogP contribution in [0.15, 0.2) is 36.1 Å². The number of hydrogen-bond acceptors (Lipinski definition) is 3. The molecular weight excluding hydrogens is 318 g/mol. The van der Waals surface area contributed by atoms with E-state index in [0.29, 0.717) is 6.42 Å². The lowest BCUT2D eigenvalue weighted by Gasteiger charge is -1.98. The molecular formula is C20H33NO4. The summed E-state index contributed by atoms with van der Waals surface area (Å²) in [7, 11) is 0. The molecule has 0 saturated carbocycles. The molecule has 0 spiro atoms. The van der Waals surface area contributed by atoms with Crippen molar-refractivity contribution in [3.63, 3.8) is 0 Å². The molecule has 0 atom stereocenters. The Morgan fingerprint density at radius 3 is 2.32 bits per heavy atom. The first-order chi connectivity index (χ1) is 12.1. The predicted molar refractivity (Wildman–Crippen MR) is 102 cm³/mol. The minimum absolute atomic E-state index is 0.276. The molecule has 0 fully saturated rings. The second-order valence-corrected chi connectivity index (χ2v) is 6.18. The molecule has 0 aliphatic heterocycles. The third kappa shape index (κ3) is 16.7. The van der Waals surface area contributed by atoms with Gasteiger partial charge in [0.05, 0.1) is 11.3 Å². The smallest absolute Gasteiger partial charge is 0.303 e. The molecule has 0 bridgehead atoms. The molecule has 0 aliphatic rings. The number of nitrogens with zero attached hydrogens (tertiary/aromatic N) is 1. The largest absolute Gasteiger partial charge is 0.481 e. The van der Waals surface area contributed by atoms with Gasteiger partial charge < -0.3 is 5.11 Å². The van der Waals surface area contributed by atoms with Crippen LogP contribution in [-0.4, -0.2) is 16.0 Å². The molecule has 0 aliphatic carbocycles. The zero-order valence-electron chi connectivity index (χ0n) is 15.5. The Morgan fingerprint density at radius 1 is 0.960 bits per heavy atom. The molecule has 25 heavy (non-hydrogen) atoms. The maximum absolute atomic E-state index is 10.9. The van der Waals surface area contributed by atoms with Crippen molar-refractivity contribution in [3.05, 3.63) is 46.2 Å². The maximum Gasteiger partial charge on any atom is 0.303 e. The summed E-state index contributed by atoms with van der Waals surface area (Å²) in [6, 6.07) is 0. The van der Waals surface area contributed by atoms with Crippen molar-refractivity contribution in [2.75, 3.05) is 0 Å². The van der Waals surface area contributed by atoms with Crippen molar-refractivity contribution in [3.8, 4) is 0 Å². The van der Waals surface area contributed by atoms with Crippen LogP contribution in [0.5, 0.6) is 0 Å². The number of unbranched alkanes of at least 4 members (excludes halogenated alkanes) is 7. The molecule has 0 unspecified atom stereocenters. The Hall–Kier alpha value is -1.91. The fraction of sp³-hybridized carbons (Fsp3) is 0.650. The van der Waals surface area contributed by atoms with E-state index in [1.54, 1.807) is 6.08 Å². The maximum atomic E-state index is 10.9. The Kier molecular flexibility index (Phi) is 15.6. The van der Waals surface area contributed by atoms with Gasteiger partial charge in [-0.05, 0) is 44.6 Å². The van der Waals surface area contributed by atoms with E-state index in [1.807, 2.05) is 12.2 Å². The molecule has 142 valence electrons. The zero-order chi connectivity index (χ0) is 18.8. The third-order valence-electron chi connectivity index (χ3n) is 3.87. The zero-order valence-corrected chi connectivity index (χ0v) is 15.5. The van der Waals surface area contributed by atoms with E-state index < -0.39 is 5.97 Å². The predicted octanol–water partition coefficient (Wildman–Crippen LogP) is 6.05. The number of rotatable bonds is 16. The molecule has 5 nitrogen and oxygen atoms in total. The van der Waals surface area contributed by atoms with Crippen molar-refractivity contribution >= 4 is 5.97 Å². The van der Waals surface area contributed by atoms with Crippen molar-refractivity contribution in [2.24, 2.45) is 0 Å². The van der Waals surface area contributed by atoms with Crippen molar-refractivity contribution in [1.82, 2.24) is 0 Å². The van der Waals surface area contributed by atoms with Gasteiger partial charge in [-0.3, -0.25) is 14.9 Å². The standard InChI is InChI=1S/C20H33NO4/c1-2-3-13-16-19(21(24)25)17-14-11-9-7-5-4-6-8-10-12-15-18-20(22)23/h5,7,11,14,16H,2-4,6,8-10,12-13,15,17-18H2,1H3,(H,22,23)/b7-5-,14-11?,19-16?. The molecule has 1 N–H and O–H groups in total. The lowest BCUT2D eigenvalue weighted by atomic mass is 10.1. The highest BCUT2D eigenvalue weighted by molar-refractivity contribution is 5.66. The van der Waals surface area contributed by atoms with Gasteiger partial charge in [0.15, 0.2) is 0 Å². The fourth-order valence-electron chi connectivity index (χ4n) is 2.37. The number of carboxylic acid groups (broad SMARTS) is 1. The quantitative estimate of drug-likeness (QED) is 0.159. The molecule has 0 radical (unpaired) electrons. The Labute approximate surface area is 151 Å². The molecule has 0 aromatic rings. The summed E-state index contributed by atoms with van der Waals surface area (Å²) < 4.78 is 0. The second kappa shape index (κ2) is 16.9. The lowest BCUT2D eigenvalue weighted by Crippen LogP contribution is -1.97. The summed E-state index contributed by atoms with van der Waals surface area (Å²) in [6.45, 7) is 2.07. The monoisotopic (exact) mass is 351 g/mol. The number of carboxylic acids is 1. The summed E-state index contributed by atoms with van der Waals surface area (Å²) >= 11 is 0. The highest BCUT2D eigenvalue weighted by atomic mass is 16.6. The molecule has 0 aromatic heterocycles. The summed E-state index contributed by atoms with van der Waals surface area (Å²) in [5.74, 6) is -0.710. The first kappa shape index (κ1) is 23.1. The van der Waals surface area contributed by atoms with E-state index in [-0.39, 0.29) is 17.0 Å². The summed E-state index contributed by atoms with van der Waals surface area (Å²) in [5, 5.41) is 19.4. The van der Waals surface area contributed by atoms with Crippen LogP contribution in [0.3, 0.4) is 0 Å². The molecule has 0 saturated heterocycles. The van der Waals surface area contributed by atoms with Crippen LogP contribution in [-0.2, 0) is 4.79 Å². The average Bonchev–Trinajstić information content (AvgIpc) is 2.56. The van der Waals surface area contributed by atoms with Gasteiger partial charge in [-0.2, -0.15) is 0 Å². The molecule has 0 amide bonds. The van der Waals surface area contributed by atoms with E-state index in [2.05, 4.69) is 19.1 Å². The number of carbonyl (C=O) groups is 1. The van der Waals surface area contributed by atoms with E-state index in [0.717, 1.165) is 64.2 Å². The average molecular weight is 351 g/mol. The highest BCUT2D eigenvalue weighted by Gasteiger charge is 2.06. The summed E-state index contributed by atoms with van der Waals surface area (Å²) in [6.07, 6.45) is 20.2. The van der Waals surface area contributed by atoms with E-state index in [4.69, 9.17) is 5.11 Å². The third-order valence-corrected chi connectivity index (χ3v) is 3.87. The summed E-state index contributed by atoms with van der Waals surface area (Å²) in [4.78, 5) is 21.0. The lowest BCUT2D eigenvalue weighted by molar-refractivity contribution is -0.427. The summed E-state index contributed by atoms with van der Waals surface area (Å²) in [5.41, 5.74) is 0.288. The Bertz CT molecular complexity index is 453. The van der Waals surface area contributed by atoms with Crippen LogP contribution in [0.4, 0.5) is 0 Å². The Morgan fingerprint density at radius 2 is 1.64 bits per heavy atom. The van der Waals surface area contributed by atoms with Crippen LogP contribution < -0.4 is 0 Å². The van der Waals surface area contributed by atoms with Gasteiger partial charge in [0.2, 0.25) is 5.70 Å². The van der Waals surface area contributed by atoms with Gasteiger partial charge in [0.1, 0.15) is 0 Å². The first-order valence-electron chi connectivity index (χ1n) is 9.43. The van der Waals surface area contributed by atoms with Gasteiger partial charge in [-0.25, -0.2) is 0 Å². The topological polar surface area (TPSA) is 80.4 Å². The number of allylic oxidation sites excluding steroid dienone is 5. The van der Waals surface area contributed by atoms with Crippen LogP contribution in [0.25, 0.3) is 0 Å². The van der Waals surface area contributed by atoms with Crippen molar-refractivity contribution in [1.29, 1.82) is 0 Å². The number of aliphatic carboxylic acids is 1. The normalized spacial score (nSPS) is 12.3. The van der Waals surface area contributed by atoms with Gasteiger partial charge in [-0.15, -0.1) is 0 Å². The SMILES string of the molecule is CCCCC=C(CC=CC/C=C\CCCCCCCC(=O)O)[N+](=O)[O-]. The second-order valence-electron chi connectivity index (χ2n) is 6.18. The molecule has 0 rings (SSSR count). The number of hydrogen-bond donors (Lipinski definition) is 1. The van der Waals surface area contributed by atoms with E-state index in [1.165, 1.54) is 0 Å².